The van der Waals surface area contributed by atoms with Crippen LogP contribution in [0.3, 0.4) is 0 Å². The Labute approximate surface area is 106 Å². The minimum Gasteiger partial charge on any atom is -0.340 e. The summed E-state index contributed by atoms with van der Waals surface area (Å²) in [5, 5.41) is 3.05. The first kappa shape index (κ1) is 18.1. The van der Waals surface area contributed by atoms with Crippen LogP contribution in [0.4, 0.5) is 0 Å². The summed E-state index contributed by atoms with van der Waals surface area (Å²) < 4.78 is 0. The van der Waals surface area contributed by atoms with Gasteiger partial charge in [-0.1, -0.05) is 20.8 Å². The van der Waals surface area contributed by atoms with Gasteiger partial charge in [-0.25, -0.2) is 0 Å². The van der Waals surface area contributed by atoms with Gasteiger partial charge in [-0.2, -0.15) is 0 Å². The number of halogens is 1. The van der Waals surface area contributed by atoms with E-state index in [0.717, 1.165) is 13.1 Å². The van der Waals surface area contributed by atoms with E-state index >= 15 is 0 Å². The molecule has 0 bridgehead atoms. The number of amides is 1. The van der Waals surface area contributed by atoms with Crippen molar-refractivity contribution in [3.63, 3.8) is 0 Å². The molecular weight excluding hydrogens is 224 g/mol. The Morgan fingerprint density at radius 1 is 1.19 bits per heavy atom. The van der Waals surface area contributed by atoms with Crippen molar-refractivity contribution in [2.24, 2.45) is 11.8 Å². The van der Waals surface area contributed by atoms with Gasteiger partial charge in [-0.05, 0) is 26.8 Å². The lowest BCUT2D eigenvalue weighted by Gasteiger charge is -2.31. The lowest BCUT2D eigenvalue weighted by Crippen LogP contribution is -2.44. The fourth-order valence-corrected chi connectivity index (χ4v) is 1.63. The zero-order chi connectivity index (χ0) is 12.0. The molecule has 0 fully saturated rings. The molecule has 98 valence electrons. The van der Waals surface area contributed by atoms with Gasteiger partial charge in [0.25, 0.3) is 0 Å². The van der Waals surface area contributed by atoms with Gasteiger partial charge in [0.15, 0.2) is 0 Å². The average Bonchev–Trinajstić information content (AvgIpc) is 2.12. The van der Waals surface area contributed by atoms with Crippen LogP contribution in [-0.4, -0.2) is 37.0 Å². The third-order valence-electron chi connectivity index (χ3n) is 2.40. The normalized spacial score (nSPS) is 12.5. The predicted octanol–water partition coefficient (Wildman–Crippen LogP) is 2.16. The molecule has 0 radical (unpaired) electrons. The zero-order valence-electron chi connectivity index (χ0n) is 11.4. The van der Waals surface area contributed by atoms with Crippen molar-refractivity contribution in [1.29, 1.82) is 0 Å². The molecule has 0 saturated carbocycles. The van der Waals surface area contributed by atoms with Gasteiger partial charge < -0.3 is 10.2 Å². The monoisotopic (exact) mass is 250 g/mol. The van der Waals surface area contributed by atoms with Gasteiger partial charge in [0.05, 0.1) is 0 Å². The SMILES string of the molecule is CNCC(C)C(=O)N(CC(C)C)C(C)C.Cl. The Morgan fingerprint density at radius 2 is 1.69 bits per heavy atom. The smallest absolute Gasteiger partial charge is 0.226 e. The third-order valence-corrected chi connectivity index (χ3v) is 2.40. The number of hydrogen-bond donors (Lipinski definition) is 1. The van der Waals surface area contributed by atoms with Gasteiger partial charge >= 0.3 is 0 Å². The van der Waals surface area contributed by atoms with Crippen molar-refractivity contribution in [3.05, 3.63) is 0 Å². The van der Waals surface area contributed by atoms with Crippen molar-refractivity contribution >= 4 is 18.3 Å². The summed E-state index contributed by atoms with van der Waals surface area (Å²) in [6, 6.07) is 0.291. The second-order valence-electron chi connectivity index (χ2n) is 4.94. The molecule has 1 N–H and O–H groups in total. The Kier molecular flexibility index (Phi) is 9.98. The Balaban J connectivity index is 0. The molecule has 0 aliphatic heterocycles. The van der Waals surface area contributed by atoms with Gasteiger partial charge in [0.1, 0.15) is 0 Å². The van der Waals surface area contributed by atoms with Crippen molar-refractivity contribution in [2.45, 2.75) is 40.7 Å². The second kappa shape index (κ2) is 8.82. The third kappa shape index (κ3) is 6.33. The summed E-state index contributed by atoms with van der Waals surface area (Å²) in [7, 11) is 1.88. The molecule has 0 aromatic rings. The fourth-order valence-electron chi connectivity index (χ4n) is 1.63. The minimum atomic E-state index is 0. The number of nitrogens with zero attached hydrogens (tertiary/aromatic N) is 1. The van der Waals surface area contributed by atoms with E-state index < -0.39 is 0 Å². The van der Waals surface area contributed by atoms with Crippen molar-refractivity contribution in [3.8, 4) is 0 Å². The van der Waals surface area contributed by atoms with E-state index in [1.54, 1.807) is 0 Å². The first-order valence-corrected chi connectivity index (χ1v) is 5.85. The molecule has 3 nitrogen and oxygen atoms in total. The van der Waals surface area contributed by atoms with Crippen LogP contribution in [-0.2, 0) is 4.79 Å². The van der Waals surface area contributed by atoms with E-state index in [1.807, 2.05) is 18.9 Å². The molecule has 1 unspecified atom stereocenters. The van der Waals surface area contributed by atoms with E-state index in [4.69, 9.17) is 0 Å². The van der Waals surface area contributed by atoms with Crippen molar-refractivity contribution < 1.29 is 4.79 Å². The summed E-state index contributed by atoms with van der Waals surface area (Å²) in [5.74, 6) is 0.849. The van der Waals surface area contributed by atoms with Crippen LogP contribution in [0, 0.1) is 11.8 Å². The lowest BCUT2D eigenvalue weighted by molar-refractivity contribution is -0.137. The van der Waals surface area contributed by atoms with Gasteiger partial charge in [-0.15, -0.1) is 12.4 Å². The molecular formula is C12H27ClN2O. The highest BCUT2D eigenvalue weighted by Crippen LogP contribution is 2.09. The number of carbonyl (C=O) groups is 1. The molecule has 0 aliphatic rings. The van der Waals surface area contributed by atoms with E-state index in [9.17, 15) is 4.79 Å². The highest BCUT2D eigenvalue weighted by atomic mass is 35.5. The number of carbonyl (C=O) groups excluding carboxylic acids is 1. The molecule has 0 aromatic carbocycles. The average molecular weight is 251 g/mol. The van der Waals surface area contributed by atoms with E-state index in [1.165, 1.54) is 0 Å². The predicted molar refractivity (Wildman–Crippen MR) is 72.0 cm³/mol. The maximum Gasteiger partial charge on any atom is 0.226 e. The standard InChI is InChI=1S/C12H26N2O.ClH/c1-9(2)8-14(10(3)4)12(15)11(5)7-13-6;/h9-11,13H,7-8H2,1-6H3;1H. The first-order chi connectivity index (χ1) is 6.90. The zero-order valence-corrected chi connectivity index (χ0v) is 12.2. The molecule has 0 spiro atoms. The second-order valence-corrected chi connectivity index (χ2v) is 4.94. The van der Waals surface area contributed by atoms with E-state index in [2.05, 4.69) is 33.0 Å². The van der Waals surface area contributed by atoms with Gasteiger partial charge in [-0.3, -0.25) is 4.79 Å². The molecule has 0 aromatic heterocycles. The highest BCUT2D eigenvalue weighted by Gasteiger charge is 2.22. The highest BCUT2D eigenvalue weighted by molar-refractivity contribution is 5.85. The summed E-state index contributed by atoms with van der Waals surface area (Å²) in [5.41, 5.74) is 0. The lowest BCUT2D eigenvalue weighted by atomic mass is 10.1. The van der Waals surface area contributed by atoms with E-state index in [-0.39, 0.29) is 24.2 Å². The summed E-state index contributed by atoms with van der Waals surface area (Å²) in [6.07, 6.45) is 0. The van der Waals surface area contributed by atoms with Crippen LogP contribution in [0.1, 0.15) is 34.6 Å². The fraction of sp³-hybridized carbons (Fsp3) is 0.917. The van der Waals surface area contributed by atoms with Crippen LogP contribution < -0.4 is 5.32 Å². The van der Waals surface area contributed by atoms with Crippen LogP contribution in [0.15, 0.2) is 0 Å². The first-order valence-electron chi connectivity index (χ1n) is 5.85. The van der Waals surface area contributed by atoms with Gasteiger partial charge in [0.2, 0.25) is 5.91 Å². The summed E-state index contributed by atoms with van der Waals surface area (Å²) in [4.78, 5) is 14.1. The molecule has 4 heteroatoms. The Bertz CT molecular complexity index is 195. The molecule has 0 heterocycles. The topological polar surface area (TPSA) is 32.3 Å². The number of rotatable bonds is 6. The minimum absolute atomic E-state index is 0. The quantitative estimate of drug-likeness (QED) is 0.784. The Hall–Kier alpha value is -0.280. The maximum atomic E-state index is 12.1. The van der Waals surface area contributed by atoms with Crippen LogP contribution in [0.25, 0.3) is 0 Å². The van der Waals surface area contributed by atoms with Crippen LogP contribution in [0.5, 0.6) is 0 Å². The van der Waals surface area contributed by atoms with Crippen molar-refractivity contribution in [2.75, 3.05) is 20.1 Å². The van der Waals surface area contributed by atoms with Gasteiger partial charge in [0, 0.05) is 25.0 Å². The molecule has 0 aliphatic carbocycles. The summed E-state index contributed by atoms with van der Waals surface area (Å²) >= 11 is 0. The number of nitrogens with one attached hydrogen (secondary N) is 1. The van der Waals surface area contributed by atoms with Crippen molar-refractivity contribution in [1.82, 2.24) is 10.2 Å². The van der Waals surface area contributed by atoms with Crippen LogP contribution in [0.2, 0.25) is 0 Å². The van der Waals surface area contributed by atoms with E-state index in [0.29, 0.717) is 12.0 Å². The number of hydrogen-bond acceptors (Lipinski definition) is 2. The molecule has 0 saturated heterocycles. The summed E-state index contributed by atoms with van der Waals surface area (Å²) in [6.45, 7) is 12.0. The molecule has 1 amide bonds. The molecule has 0 rings (SSSR count). The van der Waals surface area contributed by atoms with Crippen LogP contribution >= 0.6 is 12.4 Å². The largest absolute Gasteiger partial charge is 0.340 e. The molecule has 16 heavy (non-hydrogen) atoms. The Morgan fingerprint density at radius 3 is 2.00 bits per heavy atom. The maximum absolute atomic E-state index is 12.1. The molecule has 1 atom stereocenters.